The zero-order valence-electron chi connectivity index (χ0n) is 18.6. The molecular weight excluding hydrogens is 400 g/mol. The van der Waals surface area contributed by atoms with Gasteiger partial charge in [0.25, 0.3) is 0 Å². The van der Waals surface area contributed by atoms with Crippen molar-refractivity contribution in [2.75, 3.05) is 17.2 Å². The molecule has 0 heterocycles. The first kappa shape index (κ1) is 23.7. The van der Waals surface area contributed by atoms with E-state index in [9.17, 15) is 13.2 Å². The third kappa shape index (κ3) is 6.23. The minimum absolute atomic E-state index is 0.285. The number of hydrogen-bond donors (Lipinski definition) is 1. The highest BCUT2D eigenvalue weighted by molar-refractivity contribution is 7.92. The van der Waals surface area contributed by atoms with Crippen LogP contribution in [0.5, 0.6) is 5.75 Å². The second-order valence-electron chi connectivity index (χ2n) is 7.81. The monoisotopic (exact) mass is 432 g/mol. The van der Waals surface area contributed by atoms with Crippen LogP contribution in [-0.2, 0) is 14.8 Å². The highest BCUT2D eigenvalue weighted by Gasteiger charge is 2.32. The predicted molar refractivity (Wildman–Crippen MR) is 122 cm³/mol. The molecule has 1 amide bonds. The maximum atomic E-state index is 13.0. The van der Waals surface area contributed by atoms with Crippen molar-refractivity contribution in [3.8, 4) is 5.75 Å². The molecule has 7 heteroatoms. The zero-order chi connectivity index (χ0) is 22.5. The second-order valence-corrected chi connectivity index (χ2v) is 9.67. The maximum Gasteiger partial charge on any atom is 0.244 e. The maximum absolute atomic E-state index is 13.0. The van der Waals surface area contributed by atoms with Crippen molar-refractivity contribution in [3.63, 3.8) is 0 Å². The lowest BCUT2D eigenvalue weighted by molar-refractivity contribution is -0.123. The first-order valence-electron chi connectivity index (χ1n) is 10.1. The van der Waals surface area contributed by atoms with E-state index in [4.69, 9.17) is 4.74 Å². The lowest BCUT2D eigenvalue weighted by Crippen LogP contribution is -2.52. The van der Waals surface area contributed by atoms with Gasteiger partial charge in [0.1, 0.15) is 18.4 Å². The molecule has 0 unspecified atom stereocenters. The number of nitrogens with zero attached hydrogens (tertiary/aromatic N) is 1. The van der Waals surface area contributed by atoms with Gasteiger partial charge in [-0.3, -0.25) is 9.10 Å². The van der Waals surface area contributed by atoms with E-state index in [1.54, 1.807) is 19.1 Å². The fraction of sp³-hybridized carbons (Fsp3) is 0.435. The molecule has 2 aromatic rings. The molecule has 0 fully saturated rings. The Morgan fingerprint density at radius 2 is 1.70 bits per heavy atom. The fourth-order valence-corrected chi connectivity index (χ4v) is 4.65. The number of para-hydroxylation sites is 1. The van der Waals surface area contributed by atoms with Gasteiger partial charge in [0.2, 0.25) is 15.9 Å². The lowest BCUT2D eigenvalue weighted by atomic mass is 10.1. The number of nitrogens with one attached hydrogen (secondary N) is 1. The van der Waals surface area contributed by atoms with Gasteiger partial charge in [0.05, 0.1) is 18.0 Å². The largest absolute Gasteiger partial charge is 0.491 e. The molecule has 6 nitrogen and oxygen atoms in total. The number of aryl methyl sites for hydroxylation is 3. The molecular formula is C23H32N2O4S. The van der Waals surface area contributed by atoms with Crippen molar-refractivity contribution in [2.24, 2.45) is 0 Å². The van der Waals surface area contributed by atoms with Crippen LogP contribution in [0.25, 0.3) is 0 Å². The number of amides is 1. The van der Waals surface area contributed by atoms with Crippen LogP contribution >= 0.6 is 0 Å². The third-order valence-electron chi connectivity index (χ3n) is 4.76. The van der Waals surface area contributed by atoms with E-state index < -0.39 is 16.1 Å². The van der Waals surface area contributed by atoms with E-state index in [1.165, 1.54) is 4.31 Å². The number of hydrogen-bond acceptors (Lipinski definition) is 4. The topological polar surface area (TPSA) is 75.7 Å². The average molecular weight is 433 g/mol. The SMILES string of the molecule is CC[C@H](C(=O)N[C@@H](C)COc1ccccc1C)N(c1cc(C)cc(C)c1)S(C)(=O)=O. The Bertz CT molecular complexity index is 968. The second kappa shape index (κ2) is 9.98. The first-order valence-corrected chi connectivity index (χ1v) is 11.9. The van der Waals surface area contributed by atoms with Crippen LogP contribution in [0.1, 0.15) is 37.0 Å². The van der Waals surface area contributed by atoms with Crippen LogP contribution in [0.15, 0.2) is 42.5 Å². The molecule has 0 radical (unpaired) electrons. The van der Waals surface area contributed by atoms with Crippen LogP contribution in [-0.4, -0.2) is 39.3 Å². The van der Waals surface area contributed by atoms with Crippen molar-refractivity contribution in [1.29, 1.82) is 0 Å². The summed E-state index contributed by atoms with van der Waals surface area (Å²) < 4.78 is 32.3. The number of anilines is 1. The molecule has 164 valence electrons. The summed E-state index contributed by atoms with van der Waals surface area (Å²) in [4.78, 5) is 13.0. The first-order chi connectivity index (χ1) is 14.0. The summed E-state index contributed by atoms with van der Waals surface area (Å²) in [5, 5.41) is 2.90. The molecule has 30 heavy (non-hydrogen) atoms. The van der Waals surface area contributed by atoms with Gasteiger partial charge in [-0.15, -0.1) is 0 Å². The quantitative estimate of drug-likeness (QED) is 0.655. The number of sulfonamides is 1. The molecule has 2 rings (SSSR count). The Morgan fingerprint density at radius 3 is 2.23 bits per heavy atom. The van der Waals surface area contributed by atoms with Crippen molar-refractivity contribution >= 4 is 21.6 Å². The van der Waals surface area contributed by atoms with Crippen LogP contribution in [0.4, 0.5) is 5.69 Å². The molecule has 0 aliphatic carbocycles. The van der Waals surface area contributed by atoms with Crippen LogP contribution in [0.2, 0.25) is 0 Å². The van der Waals surface area contributed by atoms with Gasteiger partial charge in [-0.1, -0.05) is 31.2 Å². The van der Waals surface area contributed by atoms with Crippen molar-refractivity contribution in [3.05, 3.63) is 59.2 Å². The molecule has 0 aliphatic rings. The lowest BCUT2D eigenvalue weighted by Gasteiger charge is -2.31. The number of ether oxygens (including phenoxy) is 1. The molecule has 0 aromatic heterocycles. The summed E-state index contributed by atoms with van der Waals surface area (Å²) in [5.74, 6) is 0.418. The number of rotatable bonds is 9. The van der Waals surface area contributed by atoms with Gasteiger partial charge in [0, 0.05) is 0 Å². The average Bonchev–Trinajstić information content (AvgIpc) is 2.63. The summed E-state index contributed by atoms with van der Waals surface area (Å²) in [6, 6.07) is 12.1. The molecule has 0 spiro atoms. The molecule has 2 aromatic carbocycles. The van der Waals surface area contributed by atoms with Gasteiger partial charge in [-0.05, 0) is 69.0 Å². The fourth-order valence-electron chi connectivity index (χ4n) is 3.45. The Labute approximate surface area is 180 Å². The Balaban J connectivity index is 2.18. The summed E-state index contributed by atoms with van der Waals surface area (Å²) in [5.41, 5.74) is 3.39. The summed E-state index contributed by atoms with van der Waals surface area (Å²) in [6.45, 7) is 9.70. The minimum Gasteiger partial charge on any atom is -0.491 e. The van der Waals surface area contributed by atoms with Crippen LogP contribution in [0.3, 0.4) is 0 Å². The molecule has 0 saturated heterocycles. The zero-order valence-corrected chi connectivity index (χ0v) is 19.4. The van der Waals surface area contributed by atoms with Crippen molar-refractivity contribution < 1.29 is 17.9 Å². The highest BCUT2D eigenvalue weighted by atomic mass is 32.2. The predicted octanol–water partition coefficient (Wildman–Crippen LogP) is 3.74. The molecule has 0 bridgehead atoms. The van der Waals surface area contributed by atoms with Gasteiger partial charge in [0.15, 0.2) is 0 Å². The standard InChI is InChI=1S/C23H32N2O4S/c1-7-21(25(30(6,27)28)20-13-16(2)12-17(3)14-20)23(26)24-19(5)15-29-22-11-9-8-10-18(22)4/h8-14,19,21H,7,15H2,1-6H3,(H,24,26)/t19-,21+/m0/s1. The number of carbonyl (C=O) groups is 1. The molecule has 1 N–H and O–H groups in total. The van der Waals surface area contributed by atoms with E-state index in [-0.39, 0.29) is 18.6 Å². The van der Waals surface area contributed by atoms with E-state index in [1.807, 2.05) is 58.0 Å². The third-order valence-corrected chi connectivity index (χ3v) is 5.94. The van der Waals surface area contributed by atoms with Crippen LogP contribution < -0.4 is 14.4 Å². The number of benzene rings is 2. The van der Waals surface area contributed by atoms with Gasteiger partial charge in [-0.25, -0.2) is 8.42 Å². The molecule has 0 saturated carbocycles. The highest BCUT2D eigenvalue weighted by Crippen LogP contribution is 2.25. The summed E-state index contributed by atoms with van der Waals surface area (Å²) in [7, 11) is -3.66. The Kier molecular flexibility index (Phi) is 7.89. The van der Waals surface area contributed by atoms with E-state index >= 15 is 0 Å². The van der Waals surface area contributed by atoms with Crippen molar-refractivity contribution in [2.45, 2.75) is 53.1 Å². The smallest absolute Gasteiger partial charge is 0.244 e. The summed E-state index contributed by atoms with van der Waals surface area (Å²) in [6.07, 6.45) is 1.47. The van der Waals surface area contributed by atoms with Crippen molar-refractivity contribution in [1.82, 2.24) is 5.32 Å². The van der Waals surface area contributed by atoms with E-state index in [0.717, 1.165) is 28.7 Å². The molecule has 2 atom stereocenters. The normalized spacial score (nSPS) is 13.4. The van der Waals surface area contributed by atoms with E-state index in [2.05, 4.69) is 5.32 Å². The molecule has 0 aliphatic heterocycles. The summed E-state index contributed by atoms with van der Waals surface area (Å²) >= 11 is 0. The van der Waals surface area contributed by atoms with Gasteiger partial charge in [-0.2, -0.15) is 0 Å². The minimum atomic E-state index is -3.66. The van der Waals surface area contributed by atoms with Gasteiger partial charge < -0.3 is 10.1 Å². The Hall–Kier alpha value is -2.54. The van der Waals surface area contributed by atoms with Crippen LogP contribution in [0, 0.1) is 20.8 Å². The van der Waals surface area contributed by atoms with E-state index in [0.29, 0.717) is 12.1 Å². The Morgan fingerprint density at radius 1 is 1.10 bits per heavy atom. The number of carbonyl (C=O) groups excluding carboxylic acids is 1. The van der Waals surface area contributed by atoms with Gasteiger partial charge >= 0.3 is 0 Å².